The number of fused-ring (bicyclic) bond motifs is 4. The fourth-order valence-electron chi connectivity index (χ4n) is 5.74. The average Bonchev–Trinajstić information content (AvgIpc) is 3.12. The Kier molecular flexibility index (Phi) is 4.72. The van der Waals surface area contributed by atoms with Gasteiger partial charge >= 0.3 is 0 Å². The van der Waals surface area contributed by atoms with E-state index in [0.29, 0.717) is 12.0 Å². The molecule has 1 atom stereocenters. The van der Waals surface area contributed by atoms with E-state index in [0.717, 1.165) is 38.7 Å². The maximum atomic E-state index is 13.4. The van der Waals surface area contributed by atoms with E-state index >= 15 is 0 Å². The number of hydrogen-bond acceptors (Lipinski definition) is 2. The molecule has 29 heavy (non-hydrogen) atoms. The van der Waals surface area contributed by atoms with Gasteiger partial charge in [-0.05, 0) is 81.4 Å². The van der Waals surface area contributed by atoms with Crippen molar-refractivity contribution in [1.82, 2.24) is 9.88 Å². The van der Waals surface area contributed by atoms with Crippen molar-refractivity contribution < 1.29 is 9.13 Å². The Labute approximate surface area is 171 Å². The molecule has 1 aliphatic heterocycles. The minimum absolute atomic E-state index is 0.171. The lowest BCUT2D eigenvalue weighted by molar-refractivity contribution is -0.0997. The molecule has 1 fully saturated rings. The molecule has 0 amide bonds. The van der Waals surface area contributed by atoms with Crippen molar-refractivity contribution in [3.63, 3.8) is 0 Å². The first-order valence-electron chi connectivity index (χ1n) is 10.7. The number of H-pyrrole nitrogens is 1. The van der Waals surface area contributed by atoms with Crippen LogP contribution in [0.2, 0.25) is 0 Å². The topological polar surface area (TPSA) is 28.3 Å². The van der Waals surface area contributed by atoms with E-state index in [4.69, 9.17) is 4.74 Å². The molecule has 1 N–H and O–H groups in total. The molecular weight excluding hydrogens is 363 g/mol. The maximum Gasteiger partial charge on any atom is 0.123 e. The number of aromatic amines is 1. The fourth-order valence-corrected chi connectivity index (χ4v) is 5.74. The molecule has 1 saturated carbocycles. The molecular formula is C25H29FN2O. The molecule has 5 rings (SSSR count). The van der Waals surface area contributed by atoms with Gasteiger partial charge < -0.3 is 14.6 Å². The first-order valence-corrected chi connectivity index (χ1v) is 10.7. The van der Waals surface area contributed by atoms with Gasteiger partial charge in [-0.15, -0.1) is 0 Å². The Morgan fingerprint density at radius 2 is 1.79 bits per heavy atom. The van der Waals surface area contributed by atoms with Crippen LogP contribution in [0, 0.1) is 11.7 Å². The van der Waals surface area contributed by atoms with Gasteiger partial charge in [0.25, 0.3) is 0 Å². The van der Waals surface area contributed by atoms with Gasteiger partial charge in [0.1, 0.15) is 11.4 Å². The number of aromatic nitrogens is 1. The second-order valence-electron chi connectivity index (χ2n) is 8.91. The summed E-state index contributed by atoms with van der Waals surface area (Å²) in [5.74, 6) is 0.371. The molecule has 0 bridgehead atoms. The second-order valence-corrected chi connectivity index (χ2v) is 8.91. The lowest BCUT2D eigenvalue weighted by Crippen LogP contribution is -2.41. The molecule has 1 unspecified atom stereocenters. The van der Waals surface area contributed by atoms with Gasteiger partial charge in [-0.1, -0.05) is 30.3 Å². The third-order valence-corrected chi connectivity index (χ3v) is 7.05. The van der Waals surface area contributed by atoms with E-state index in [9.17, 15) is 4.39 Å². The lowest BCUT2D eigenvalue weighted by Gasteiger charge is -2.45. The molecule has 1 aliphatic carbocycles. The highest BCUT2D eigenvalue weighted by atomic mass is 19.1. The molecule has 0 saturated heterocycles. The molecule has 3 aromatic rings. The zero-order valence-corrected chi connectivity index (χ0v) is 17.2. The number of halogens is 1. The van der Waals surface area contributed by atoms with Crippen molar-refractivity contribution in [2.24, 2.45) is 5.92 Å². The van der Waals surface area contributed by atoms with Gasteiger partial charge in [0.15, 0.2) is 0 Å². The summed E-state index contributed by atoms with van der Waals surface area (Å²) in [7, 11) is 4.26. The largest absolute Gasteiger partial charge is 0.368 e. The summed E-state index contributed by atoms with van der Waals surface area (Å²) in [6.07, 6.45) is 5.26. The van der Waals surface area contributed by atoms with Crippen LogP contribution in [0.3, 0.4) is 0 Å². The highest BCUT2D eigenvalue weighted by molar-refractivity contribution is 5.85. The molecule has 3 nitrogen and oxygen atoms in total. The third-order valence-electron chi connectivity index (χ3n) is 7.05. The number of ether oxygens (including phenoxy) is 1. The Morgan fingerprint density at radius 1 is 1.07 bits per heavy atom. The molecule has 152 valence electrons. The van der Waals surface area contributed by atoms with Crippen LogP contribution in [0.15, 0.2) is 48.5 Å². The first-order chi connectivity index (χ1) is 14.1. The number of benzene rings is 2. The van der Waals surface area contributed by atoms with E-state index in [1.54, 1.807) is 12.1 Å². The van der Waals surface area contributed by atoms with E-state index < -0.39 is 0 Å². The molecule has 4 heteroatoms. The minimum Gasteiger partial charge on any atom is -0.368 e. The summed E-state index contributed by atoms with van der Waals surface area (Å²) in [6.45, 7) is 0.800. The standard InChI is InChI=1S/C25H29FN2O/c1-28(2)23(17-7-9-19(26)10-8-17)18-11-14-25(15-12-18)24-21(13-16-29-25)20-5-3-4-6-22(20)27-24/h3-10,18,23,27H,11-16H2,1-2H3. The summed E-state index contributed by atoms with van der Waals surface area (Å²) in [5, 5.41) is 1.35. The van der Waals surface area contributed by atoms with Crippen LogP contribution in [0.25, 0.3) is 10.9 Å². The van der Waals surface area contributed by atoms with Crippen molar-refractivity contribution in [1.29, 1.82) is 0 Å². The number of nitrogens with zero attached hydrogens (tertiary/aromatic N) is 1. The van der Waals surface area contributed by atoms with E-state index in [1.165, 1.54) is 27.7 Å². The normalized spacial score (nSPS) is 25.4. The summed E-state index contributed by atoms with van der Waals surface area (Å²) in [4.78, 5) is 5.99. The summed E-state index contributed by atoms with van der Waals surface area (Å²) >= 11 is 0. The molecule has 2 heterocycles. The third kappa shape index (κ3) is 3.19. The van der Waals surface area contributed by atoms with Crippen molar-refractivity contribution in [2.45, 2.75) is 43.7 Å². The first kappa shape index (κ1) is 18.8. The van der Waals surface area contributed by atoms with Gasteiger partial charge in [0.05, 0.1) is 12.3 Å². The van der Waals surface area contributed by atoms with Crippen LogP contribution in [-0.4, -0.2) is 30.6 Å². The van der Waals surface area contributed by atoms with Gasteiger partial charge in [0, 0.05) is 16.9 Å². The Bertz CT molecular complexity index is 999. The Hall–Kier alpha value is -2.17. The molecule has 1 spiro atoms. The minimum atomic E-state index is -0.178. The van der Waals surface area contributed by atoms with Crippen molar-refractivity contribution in [3.8, 4) is 0 Å². The maximum absolute atomic E-state index is 13.4. The number of para-hydroxylation sites is 1. The van der Waals surface area contributed by atoms with Crippen LogP contribution in [0.5, 0.6) is 0 Å². The molecule has 2 aromatic carbocycles. The van der Waals surface area contributed by atoms with Gasteiger partial charge in [-0.25, -0.2) is 4.39 Å². The molecule has 2 aliphatic rings. The highest BCUT2D eigenvalue weighted by Gasteiger charge is 2.44. The van der Waals surface area contributed by atoms with Crippen LogP contribution >= 0.6 is 0 Å². The zero-order valence-electron chi connectivity index (χ0n) is 17.2. The molecule has 0 radical (unpaired) electrons. The summed E-state index contributed by atoms with van der Waals surface area (Å²) in [5.41, 5.74) is 5.01. The van der Waals surface area contributed by atoms with Crippen molar-refractivity contribution in [2.75, 3.05) is 20.7 Å². The Morgan fingerprint density at radius 3 is 2.52 bits per heavy atom. The van der Waals surface area contributed by atoms with Crippen LogP contribution < -0.4 is 0 Å². The second kappa shape index (κ2) is 7.26. The smallest absolute Gasteiger partial charge is 0.123 e. The SMILES string of the molecule is CN(C)C(c1ccc(F)cc1)C1CCC2(CC1)OCCc1c2[nH]c2ccccc12. The highest BCUT2D eigenvalue weighted by Crippen LogP contribution is 2.50. The van der Waals surface area contributed by atoms with E-state index in [2.05, 4.69) is 48.2 Å². The molecule has 1 aromatic heterocycles. The summed E-state index contributed by atoms with van der Waals surface area (Å²) in [6, 6.07) is 16.0. The van der Waals surface area contributed by atoms with Crippen LogP contribution in [-0.2, 0) is 16.8 Å². The zero-order chi connectivity index (χ0) is 20.0. The lowest BCUT2D eigenvalue weighted by atomic mass is 9.71. The number of rotatable bonds is 3. The van der Waals surface area contributed by atoms with Gasteiger partial charge in [0.2, 0.25) is 0 Å². The predicted octanol–water partition coefficient (Wildman–Crippen LogP) is 5.57. The van der Waals surface area contributed by atoms with Crippen LogP contribution in [0.1, 0.15) is 48.5 Å². The van der Waals surface area contributed by atoms with E-state index in [-0.39, 0.29) is 11.4 Å². The summed E-state index contributed by atoms with van der Waals surface area (Å²) < 4.78 is 19.9. The quantitative estimate of drug-likeness (QED) is 0.631. The monoisotopic (exact) mass is 392 g/mol. The van der Waals surface area contributed by atoms with Gasteiger partial charge in [-0.2, -0.15) is 0 Å². The fraction of sp³-hybridized carbons (Fsp3) is 0.440. The number of hydrogen-bond donors (Lipinski definition) is 1. The van der Waals surface area contributed by atoms with E-state index in [1.807, 2.05) is 12.1 Å². The predicted molar refractivity (Wildman–Crippen MR) is 114 cm³/mol. The van der Waals surface area contributed by atoms with Crippen LogP contribution in [0.4, 0.5) is 4.39 Å². The average molecular weight is 393 g/mol. The van der Waals surface area contributed by atoms with Crippen molar-refractivity contribution in [3.05, 3.63) is 71.2 Å². The number of nitrogens with one attached hydrogen (secondary N) is 1. The van der Waals surface area contributed by atoms with Crippen molar-refractivity contribution >= 4 is 10.9 Å². The van der Waals surface area contributed by atoms with Gasteiger partial charge in [-0.3, -0.25) is 0 Å². The Balaban J connectivity index is 1.42.